The van der Waals surface area contributed by atoms with Crippen molar-refractivity contribution in [1.29, 1.82) is 0 Å². The van der Waals surface area contributed by atoms with Crippen LogP contribution < -0.4 is 10.6 Å². The molecule has 1 aromatic rings. The highest BCUT2D eigenvalue weighted by molar-refractivity contribution is 5.94. The summed E-state index contributed by atoms with van der Waals surface area (Å²) in [5.74, 6) is -1.09. The summed E-state index contributed by atoms with van der Waals surface area (Å²) in [6, 6.07) is 3.66. The number of nitrogens with one attached hydrogen (secondary N) is 2. The van der Waals surface area contributed by atoms with Crippen LogP contribution in [-0.4, -0.2) is 96.1 Å². The number of piperazine rings is 1. The first-order valence-electron chi connectivity index (χ1n) is 15.9. The van der Waals surface area contributed by atoms with Gasteiger partial charge in [0, 0.05) is 62.8 Å². The third-order valence-electron chi connectivity index (χ3n) is 9.86. The minimum atomic E-state index is -4.58. The molecule has 2 saturated heterocycles. The van der Waals surface area contributed by atoms with Gasteiger partial charge < -0.3 is 30.1 Å². The molecule has 0 bridgehead atoms. The van der Waals surface area contributed by atoms with Crippen molar-refractivity contribution in [2.45, 2.75) is 82.8 Å². The lowest BCUT2D eigenvalue weighted by Crippen LogP contribution is -2.60. The van der Waals surface area contributed by atoms with Gasteiger partial charge in [0.25, 0.3) is 5.91 Å². The first-order valence-corrected chi connectivity index (χ1v) is 15.9. The van der Waals surface area contributed by atoms with E-state index in [0.717, 1.165) is 24.9 Å². The molecule has 3 atom stereocenters. The van der Waals surface area contributed by atoms with Crippen LogP contribution in [0.5, 0.6) is 0 Å². The molecule has 12 heteroatoms. The van der Waals surface area contributed by atoms with E-state index in [-0.39, 0.29) is 43.9 Å². The number of allylic oxidation sites excluding steroid dienone is 1. The zero-order valence-electron chi connectivity index (χ0n) is 26.0. The number of hydrogen-bond donors (Lipinski definition) is 2. The van der Waals surface area contributed by atoms with E-state index in [4.69, 9.17) is 4.74 Å². The lowest BCUT2D eigenvalue weighted by atomic mass is 9.83. The van der Waals surface area contributed by atoms with Crippen LogP contribution in [0.15, 0.2) is 48.1 Å². The van der Waals surface area contributed by atoms with Crippen molar-refractivity contribution in [3.63, 3.8) is 0 Å². The maximum absolute atomic E-state index is 14.2. The molecule has 0 aromatic carbocycles. The monoisotopic (exact) mass is 618 g/mol. The number of rotatable bonds is 9. The van der Waals surface area contributed by atoms with E-state index in [1.54, 1.807) is 12.4 Å². The Morgan fingerprint density at radius 2 is 1.91 bits per heavy atom. The SMILES string of the molecule is CCOC1(c2cccnc2)C=CC(N2CCN(C(=O)C3(C(F)(F)F)CCCC3)C[C@H]2CC)=C(C(=O)NC[C@H]2CCCN2C)N1. The van der Waals surface area contributed by atoms with Crippen LogP contribution in [0.2, 0.25) is 0 Å². The molecular weight excluding hydrogens is 573 g/mol. The fraction of sp³-hybridized carbons (Fsp3) is 0.656. The minimum Gasteiger partial charge on any atom is -0.363 e. The van der Waals surface area contributed by atoms with Gasteiger partial charge in [-0.15, -0.1) is 0 Å². The minimum absolute atomic E-state index is 0.144. The molecule has 0 spiro atoms. The first-order chi connectivity index (χ1) is 21.0. The largest absolute Gasteiger partial charge is 0.403 e. The number of dihydropyridines is 1. The highest BCUT2D eigenvalue weighted by atomic mass is 19.4. The van der Waals surface area contributed by atoms with E-state index in [1.165, 1.54) is 4.90 Å². The van der Waals surface area contributed by atoms with Crippen molar-refractivity contribution in [3.05, 3.63) is 53.6 Å². The summed E-state index contributed by atoms with van der Waals surface area (Å²) in [7, 11) is 2.06. The molecule has 2 amide bonds. The van der Waals surface area contributed by atoms with Gasteiger partial charge in [0.05, 0.1) is 5.70 Å². The molecule has 3 fully saturated rings. The first kappa shape index (κ1) is 32.3. The van der Waals surface area contributed by atoms with Gasteiger partial charge in [-0.05, 0) is 70.8 Å². The quantitative estimate of drug-likeness (QED) is 0.434. The zero-order chi connectivity index (χ0) is 31.5. The van der Waals surface area contributed by atoms with E-state index in [2.05, 4.69) is 32.5 Å². The second-order valence-electron chi connectivity index (χ2n) is 12.4. The Kier molecular flexibility index (Phi) is 9.60. The van der Waals surface area contributed by atoms with Gasteiger partial charge in [0.1, 0.15) is 11.1 Å². The summed E-state index contributed by atoms with van der Waals surface area (Å²) < 4.78 is 49.0. The van der Waals surface area contributed by atoms with Crippen LogP contribution in [0.25, 0.3) is 0 Å². The van der Waals surface area contributed by atoms with Gasteiger partial charge in [0.15, 0.2) is 5.72 Å². The van der Waals surface area contributed by atoms with Gasteiger partial charge in [0.2, 0.25) is 5.91 Å². The number of nitrogens with zero attached hydrogens (tertiary/aromatic N) is 4. The van der Waals surface area contributed by atoms with Crippen molar-refractivity contribution in [2.24, 2.45) is 5.41 Å². The van der Waals surface area contributed by atoms with E-state index < -0.39 is 23.2 Å². The van der Waals surface area contributed by atoms with Gasteiger partial charge in [-0.1, -0.05) is 25.8 Å². The fourth-order valence-corrected chi connectivity index (χ4v) is 7.27. The predicted molar refractivity (Wildman–Crippen MR) is 160 cm³/mol. The Balaban J connectivity index is 1.44. The molecule has 1 saturated carbocycles. The Morgan fingerprint density at radius 3 is 2.52 bits per heavy atom. The second-order valence-corrected chi connectivity index (χ2v) is 12.4. The standard InChI is InChI=1S/C32H45F3N6O3/c1-4-24-22-40(29(43)30(32(33,34)35)13-6-7-14-30)18-19-41(24)26-12-15-31(44-5-2,23-10-8-16-36-20-23)38-27(26)28(42)37-21-25-11-9-17-39(25)3/h8,10,12,15-16,20,24-25,38H,4-7,9,11,13-14,17-19,21-22H2,1-3H3,(H,37,42)/t24-,25-,31?/m1/s1. The van der Waals surface area contributed by atoms with Crippen LogP contribution in [0, 0.1) is 5.41 Å². The lowest BCUT2D eigenvalue weighted by Gasteiger charge is -2.47. The Bertz CT molecular complexity index is 1250. The summed E-state index contributed by atoms with van der Waals surface area (Å²) in [4.78, 5) is 37.4. The van der Waals surface area contributed by atoms with Crippen molar-refractivity contribution in [2.75, 3.05) is 46.4 Å². The number of carbonyl (C=O) groups is 2. The molecule has 9 nitrogen and oxygen atoms in total. The number of likely N-dealkylation sites (tertiary alicyclic amines) is 1. The molecule has 2 N–H and O–H groups in total. The average Bonchev–Trinajstić information content (AvgIpc) is 3.70. The van der Waals surface area contributed by atoms with Crippen LogP contribution in [-0.2, 0) is 20.1 Å². The highest BCUT2D eigenvalue weighted by Gasteiger charge is 2.62. The molecule has 44 heavy (non-hydrogen) atoms. The van der Waals surface area contributed by atoms with Crippen molar-refractivity contribution in [1.82, 2.24) is 30.3 Å². The van der Waals surface area contributed by atoms with E-state index in [0.29, 0.717) is 50.4 Å². The van der Waals surface area contributed by atoms with Gasteiger partial charge in [-0.25, -0.2) is 0 Å². The fourth-order valence-electron chi connectivity index (χ4n) is 7.27. The second kappa shape index (κ2) is 13.1. The molecule has 5 rings (SSSR count). The maximum atomic E-state index is 14.2. The molecular formula is C32H45F3N6O3. The third kappa shape index (κ3) is 6.07. The number of aromatic nitrogens is 1. The van der Waals surface area contributed by atoms with Crippen LogP contribution in [0.4, 0.5) is 13.2 Å². The Hall–Kier alpha value is -3.12. The van der Waals surface area contributed by atoms with Crippen LogP contribution in [0.3, 0.4) is 0 Å². The van der Waals surface area contributed by atoms with E-state index in [1.807, 2.05) is 38.1 Å². The number of carbonyl (C=O) groups excluding carboxylic acids is 2. The van der Waals surface area contributed by atoms with Gasteiger partial charge in [-0.3, -0.25) is 14.6 Å². The number of halogens is 3. The number of hydrogen-bond acceptors (Lipinski definition) is 7. The van der Waals surface area contributed by atoms with Crippen LogP contribution >= 0.6 is 0 Å². The molecule has 1 aliphatic carbocycles. The summed E-state index contributed by atoms with van der Waals surface area (Å²) >= 11 is 0. The Labute approximate surface area is 257 Å². The highest BCUT2D eigenvalue weighted by Crippen LogP contribution is 2.52. The third-order valence-corrected chi connectivity index (χ3v) is 9.86. The van der Waals surface area contributed by atoms with Crippen molar-refractivity contribution >= 4 is 11.8 Å². The molecule has 3 aliphatic heterocycles. The van der Waals surface area contributed by atoms with Gasteiger partial charge in [-0.2, -0.15) is 13.2 Å². The molecule has 0 radical (unpaired) electrons. The van der Waals surface area contributed by atoms with Crippen LogP contribution in [0.1, 0.15) is 64.4 Å². The normalized spacial score (nSPS) is 27.5. The molecule has 4 aliphatic rings. The van der Waals surface area contributed by atoms with Gasteiger partial charge >= 0.3 is 6.18 Å². The number of pyridine rings is 1. The predicted octanol–water partition coefficient (Wildman–Crippen LogP) is 3.90. The number of alkyl halides is 3. The van der Waals surface area contributed by atoms with Crippen molar-refractivity contribution < 1.29 is 27.5 Å². The summed E-state index contributed by atoms with van der Waals surface area (Å²) in [5, 5.41) is 6.52. The van der Waals surface area contributed by atoms with E-state index >= 15 is 0 Å². The summed E-state index contributed by atoms with van der Waals surface area (Å²) in [6.45, 7) is 6.28. The molecule has 1 aromatic heterocycles. The summed E-state index contributed by atoms with van der Waals surface area (Å²) in [5.41, 5.74) is -1.74. The smallest absolute Gasteiger partial charge is 0.363 e. The zero-order valence-corrected chi connectivity index (χ0v) is 26.0. The van der Waals surface area contributed by atoms with Crippen molar-refractivity contribution in [3.8, 4) is 0 Å². The average molecular weight is 619 g/mol. The lowest BCUT2D eigenvalue weighted by molar-refractivity contribution is -0.226. The summed E-state index contributed by atoms with van der Waals surface area (Å²) in [6.07, 6.45) is 5.68. The molecule has 1 unspecified atom stereocenters. The molecule has 4 heterocycles. The number of amides is 2. The van der Waals surface area contributed by atoms with E-state index in [9.17, 15) is 22.8 Å². The molecule has 242 valence electrons. The maximum Gasteiger partial charge on any atom is 0.403 e. The Morgan fingerprint density at radius 1 is 1.14 bits per heavy atom. The topological polar surface area (TPSA) is 90.0 Å². The number of likely N-dealkylation sites (N-methyl/N-ethyl adjacent to an activating group) is 1. The number of ether oxygens (including phenoxy) is 1.